The zero-order valence-electron chi connectivity index (χ0n) is 16.9. The quantitative estimate of drug-likeness (QED) is 0.597. The number of nitrogens with one attached hydrogen (secondary N) is 2. The highest BCUT2D eigenvalue weighted by molar-refractivity contribution is 6.03. The van der Waals surface area contributed by atoms with Crippen LogP contribution in [0.15, 0.2) is 59.2 Å². The fraction of sp³-hybridized carbons (Fsp3) is 0.174. The van der Waals surface area contributed by atoms with Crippen molar-refractivity contribution in [2.75, 3.05) is 17.2 Å². The summed E-state index contributed by atoms with van der Waals surface area (Å²) < 4.78 is 10.2. The molecule has 2 aromatic carbocycles. The molecule has 30 heavy (non-hydrogen) atoms. The maximum absolute atomic E-state index is 12.4. The van der Waals surface area contributed by atoms with Gasteiger partial charge in [0.1, 0.15) is 0 Å². The van der Waals surface area contributed by atoms with Crippen molar-refractivity contribution in [1.82, 2.24) is 0 Å². The second-order valence-electron chi connectivity index (χ2n) is 6.85. The molecule has 7 nitrogen and oxygen atoms in total. The van der Waals surface area contributed by atoms with E-state index in [1.54, 1.807) is 25.1 Å². The van der Waals surface area contributed by atoms with Crippen molar-refractivity contribution in [3.63, 3.8) is 0 Å². The fourth-order valence-electron chi connectivity index (χ4n) is 2.88. The number of para-hydroxylation sites is 1. The van der Waals surface area contributed by atoms with E-state index < -0.39 is 24.4 Å². The molecule has 2 N–H and O–H groups in total. The molecule has 0 bridgehead atoms. The Labute approximate surface area is 174 Å². The smallest absolute Gasteiger partial charge is 0.338 e. The highest BCUT2D eigenvalue weighted by Crippen LogP contribution is 2.20. The molecule has 0 unspecified atom stereocenters. The van der Waals surface area contributed by atoms with Crippen molar-refractivity contribution in [3.8, 4) is 0 Å². The molecule has 0 saturated carbocycles. The maximum atomic E-state index is 12.4. The summed E-state index contributed by atoms with van der Waals surface area (Å²) in [5.41, 5.74) is 3.98. The molecule has 0 radical (unpaired) electrons. The van der Waals surface area contributed by atoms with Crippen LogP contribution >= 0.6 is 0 Å². The molecule has 0 fully saturated rings. The zero-order valence-corrected chi connectivity index (χ0v) is 16.9. The molecule has 0 saturated heterocycles. The van der Waals surface area contributed by atoms with Gasteiger partial charge < -0.3 is 19.8 Å². The standard InChI is InChI=1S/C23H22N2O5/c1-14-9-10-17(12-18(14)24-22(27)19-8-5-11-29-19)23(28)30-13-20(26)25-21-15(2)6-4-7-16(21)3/h4-12H,13H2,1-3H3,(H,24,27)(H,25,26). The van der Waals surface area contributed by atoms with Gasteiger partial charge in [0.2, 0.25) is 0 Å². The van der Waals surface area contributed by atoms with Crippen LogP contribution in [-0.2, 0) is 9.53 Å². The lowest BCUT2D eigenvalue weighted by molar-refractivity contribution is -0.119. The SMILES string of the molecule is Cc1ccc(C(=O)OCC(=O)Nc2c(C)cccc2C)cc1NC(=O)c1ccco1. The normalized spacial score (nSPS) is 10.4. The van der Waals surface area contributed by atoms with E-state index in [9.17, 15) is 14.4 Å². The van der Waals surface area contributed by atoms with E-state index in [1.165, 1.54) is 18.4 Å². The molecule has 0 atom stereocenters. The lowest BCUT2D eigenvalue weighted by Crippen LogP contribution is -2.22. The third-order valence-corrected chi connectivity index (χ3v) is 4.55. The molecule has 0 spiro atoms. The van der Waals surface area contributed by atoms with Crippen molar-refractivity contribution < 1.29 is 23.5 Å². The summed E-state index contributed by atoms with van der Waals surface area (Å²) in [6, 6.07) is 13.6. The number of carbonyl (C=O) groups excluding carboxylic acids is 3. The van der Waals surface area contributed by atoms with Crippen LogP contribution in [0, 0.1) is 20.8 Å². The van der Waals surface area contributed by atoms with Crippen LogP contribution < -0.4 is 10.6 Å². The average molecular weight is 406 g/mol. The largest absolute Gasteiger partial charge is 0.459 e. The van der Waals surface area contributed by atoms with Gasteiger partial charge in [-0.3, -0.25) is 9.59 Å². The molecule has 3 aromatic rings. The highest BCUT2D eigenvalue weighted by atomic mass is 16.5. The minimum absolute atomic E-state index is 0.158. The molecule has 0 aliphatic heterocycles. The topological polar surface area (TPSA) is 97.6 Å². The Morgan fingerprint density at radius 1 is 0.900 bits per heavy atom. The molecule has 1 aromatic heterocycles. The Morgan fingerprint density at radius 2 is 1.63 bits per heavy atom. The Kier molecular flexibility index (Phi) is 6.32. The molecular formula is C23H22N2O5. The molecule has 7 heteroatoms. The van der Waals surface area contributed by atoms with Gasteiger partial charge >= 0.3 is 5.97 Å². The van der Waals surface area contributed by atoms with Crippen LogP contribution in [0.4, 0.5) is 11.4 Å². The summed E-state index contributed by atoms with van der Waals surface area (Å²) in [4.78, 5) is 36.8. The van der Waals surface area contributed by atoms with Gasteiger partial charge in [-0.05, 0) is 61.7 Å². The second kappa shape index (κ2) is 9.09. The first-order chi connectivity index (χ1) is 14.3. The average Bonchev–Trinajstić information content (AvgIpc) is 3.26. The Balaban J connectivity index is 1.62. The van der Waals surface area contributed by atoms with Gasteiger partial charge in [-0.1, -0.05) is 24.3 Å². The minimum atomic E-state index is -0.667. The second-order valence-corrected chi connectivity index (χ2v) is 6.85. The van der Waals surface area contributed by atoms with Crippen molar-refractivity contribution in [2.24, 2.45) is 0 Å². The summed E-state index contributed by atoms with van der Waals surface area (Å²) >= 11 is 0. The first-order valence-electron chi connectivity index (χ1n) is 9.34. The van der Waals surface area contributed by atoms with Gasteiger partial charge in [-0.15, -0.1) is 0 Å². The lowest BCUT2D eigenvalue weighted by atomic mass is 10.1. The predicted octanol–water partition coefficient (Wildman–Crippen LogP) is 4.25. The monoisotopic (exact) mass is 406 g/mol. The van der Waals surface area contributed by atoms with E-state index in [0.29, 0.717) is 11.4 Å². The summed E-state index contributed by atoms with van der Waals surface area (Å²) in [6.45, 7) is 5.15. The van der Waals surface area contributed by atoms with Crippen LogP contribution in [0.25, 0.3) is 0 Å². The summed E-state index contributed by atoms with van der Waals surface area (Å²) in [6.07, 6.45) is 1.40. The fourth-order valence-corrected chi connectivity index (χ4v) is 2.88. The van der Waals surface area contributed by atoms with Gasteiger partial charge in [-0.2, -0.15) is 0 Å². The van der Waals surface area contributed by atoms with Crippen molar-refractivity contribution in [2.45, 2.75) is 20.8 Å². The van der Waals surface area contributed by atoms with Gasteiger partial charge in [0.05, 0.1) is 11.8 Å². The predicted molar refractivity (Wildman–Crippen MR) is 113 cm³/mol. The number of ether oxygens (including phenoxy) is 1. The van der Waals surface area contributed by atoms with E-state index >= 15 is 0 Å². The number of carbonyl (C=O) groups is 3. The van der Waals surface area contributed by atoms with E-state index in [4.69, 9.17) is 9.15 Å². The number of rotatable bonds is 6. The number of furan rings is 1. The Hall–Kier alpha value is -3.87. The molecule has 2 amide bonds. The number of aryl methyl sites for hydroxylation is 3. The number of hydrogen-bond donors (Lipinski definition) is 2. The summed E-state index contributed by atoms with van der Waals surface area (Å²) in [7, 11) is 0. The first-order valence-corrected chi connectivity index (χ1v) is 9.34. The van der Waals surface area contributed by atoms with Crippen molar-refractivity contribution >= 4 is 29.2 Å². The van der Waals surface area contributed by atoms with E-state index in [0.717, 1.165) is 16.7 Å². The third-order valence-electron chi connectivity index (χ3n) is 4.55. The molecule has 0 aliphatic rings. The summed E-state index contributed by atoms with van der Waals surface area (Å²) in [5.74, 6) is -1.37. The Bertz CT molecular complexity index is 1070. The van der Waals surface area contributed by atoms with E-state index in [2.05, 4.69) is 10.6 Å². The van der Waals surface area contributed by atoms with Crippen LogP contribution in [0.2, 0.25) is 0 Å². The number of anilines is 2. The number of benzene rings is 2. The van der Waals surface area contributed by atoms with Gasteiger partial charge in [0, 0.05) is 11.4 Å². The molecular weight excluding hydrogens is 384 g/mol. The minimum Gasteiger partial charge on any atom is -0.459 e. The molecule has 154 valence electrons. The van der Waals surface area contributed by atoms with Crippen LogP contribution in [-0.4, -0.2) is 24.4 Å². The molecule has 0 aliphatic carbocycles. The van der Waals surface area contributed by atoms with Gasteiger partial charge in [-0.25, -0.2) is 4.79 Å². The number of amides is 2. The first kappa shape index (κ1) is 20.9. The van der Waals surface area contributed by atoms with E-state index in [-0.39, 0.29) is 11.3 Å². The highest BCUT2D eigenvalue weighted by Gasteiger charge is 2.15. The van der Waals surface area contributed by atoms with Crippen LogP contribution in [0.1, 0.15) is 37.6 Å². The zero-order chi connectivity index (χ0) is 21.7. The number of hydrogen-bond acceptors (Lipinski definition) is 5. The van der Waals surface area contributed by atoms with Crippen LogP contribution in [0.5, 0.6) is 0 Å². The lowest BCUT2D eigenvalue weighted by Gasteiger charge is -2.12. The van der Waals surface area contributed by atoms with Crippen LogP contribution in [0.3, 0.4) is 0 Å². The molecule has 1 heterocycles. The van der Waals surface area contributed by atoms with Gasteiger partial charge in [0.25, 0.3) is 11.8 Å². The van der Waals surface area contributed by atoms with Crippen molar-refractivity contribution in [1.29, 1.82) is 0 Å². The van der Waals surface area contributed by atoms with E-state index in [1.807, 2.05) is 32.0 Å². The molecule has 3 rings (SSSR count). The summed E-state index contributed by atoms with van der Waals surface area (Å²) in [5, 5.41) is 5.46. The maximum Gasteiger partial charge on any atom is 0.338 e. The van der Waals surface area contributed by atoms with Gasteiger partial charge in [0.15, 0.2) is 12.4 Å². The third kappa shape index (κ3) is 4.94. The number of esters is 1. The Morgan fingerprint density at radius 3 is 2.30 bits per heavy atom. The van der Waals surface area contributed by atoms with Crippen molar-refractivity contribution in [3.05, 3.63) is 82.8 Å².